The van der Waals surface area contributed by atoms with E-state index in [1.165, 1.54) is 5.56 Å². The van der Waals surface area contributed by atoms with Crippen LogP contribution in [0.2, 0.25) is 0 Å². The number of carbonyl (C=O) groups excluding carboxylic acids is 1. The lowest BCUT2D eigenvalue weighted by Crippen LogP contribution is -2.17. The Bertz CT molecular complexity index is 912. The number of hydrogen-bond donors (Lipinski definition) is 1. The molecule has 0 saturated heterocycles. The van der Waals surface area contributed by atoms with Crippen molar-refractivity contribution in [1.29, 1.82) is 0 Å². The van der Waals surface area contributed by atoms with E-state index in [-0.39, 0.29) is 5.91 Å². The van der Waals surface area contributed by atoms with Gasteiger partial charge in [0.2, 0.25) is 0 Å². The molecule has 0 radical (unpaired) electrons. The Balaban J connectivity index is 1.50. The second-order valence-corrected chi connectivity index (χ2v) is 6.41. The van der Waals surface area contributed by atoms with Gasteiger partial charge >= 0.3 is 0 Å². The Morgan fingerprint density at radius 3 is 2.11 bits per heavy atom. The minimum atomic E-state index is -0.232. The molecule has 1 N–H and O–H groups in total. The molecule has 0 aliphatic carbocycles. The van der Waals surface area contributed by atoms with Crippen molar-refractivity contribution in [3.8, 4) is 5.75 Å². The average molecular weight is 358 g/mol. The number of rotatable bonds is 6. The molecule has 3 aromatic rings. The zero-order valence-electron chi connectivity index (χ0n) is 15.5. The standard InChI is InChI=1S/C23H22N2O2/c1-17-3-7-20(8-4-17)16-27-22-13-9-19(10-14-22)15-24-25-23(26)21-11-5-18(2)6-12-21/h3-15H,16H2,1-2H3,(H,25,26)/b24-15-. The van der Waals surface area contributed by atoms with Crippen molar-refractivity contribution in [1.82, 2.24) is 5.43 Å². The number of ether oxygens (including phenoxy) is 1. The van der Waals surface area contributed by atoms with Gasteiger partial charge < -0.3 is 4.74 Å². The van der Waals surface area contributed by atoms with E-state index in [1.54, 1.807) is 18.3 Å². The number of aryl methyl sites for hydroxylation is 2. The molecule has 0 fully saturated rings. The Labute approximate surface area is 159 Å². The molecule has 0 atom stereocenters. The normalized spacial score (nSPS) is 10.7. The Morgan fingerprint density at radius 2 is 1.48 bits per heavy atom. The quantitative estimate of drug-likeness (QED) is 0.515. The molecule has 0 heterocycles. The van der Waals surface area contributed by atoms with Crippen LogP contribution in [-0.2, 0) is 6.61 Å². The lowest BCUT2D eigenvalue weighted by atomic mass is 10.1. The van der Waals surface area contributed by atoms with Crippen molar-refractivity contribution in [2.24, 2.45) is 5.10 Å². The van der Waals surface area contributed by atoms with Crippen molar-refractivity contribution < 1.29 is 9.53 Å². The van der Waals surface area contributed by atoms with Crippen molar-refractivity contribution in [3.63, 3.8) is 0 Å². The first-order chi connectivity index (χ1) is 13.1. The smallest absolute Gasteiger partial charge is 0.271 e. The maximum absolute atomic E-state index is 12.0. The lowest BCUT2D eigenvalue weighted by Gasteiger charge is -2.07. The van der Waals surface area contributed by atoms with Gasteiger partial charge in [-0.05, 0) is 61.4 Å². The summed E-state index contributed by atoms with van der Waals surface area (Å²) in [4.78, 5) is 12.0. The van der Waals surface area contributed by atoms with Crippen LogP contribution in [0.5, 0.6) is 5.75 Å². The highest BCUT2D eigenvalue weighted by Gasteiger charge is 2.02. The van der Waals surface area contributed by atoms with Gasteiger partial charge in [-0.1, -0.05) is 47.5 Å². The van der Waals surface area contributed by atoms with Gasteiger partial charge in [-0.2, -0.15) is 5.10 Å². The molecular weight excluding hydrogens is 336 g/mol. The Morgan fingerprint density at radius 1 is 0.889 bits per heavy atom. The van der Waals surface area contributed by atoms with E-state index >= 15 is 0 Å². The topological polar surface area (TPSA) is 50.7 Å². The summed E-state index contributed by atoms with van der Waals surface area (Å²) in [6.07, 6.45) is 1.61. The van der Waals surface area contributed by atoms with Crippen LogP contribution in [-0.4, -0.2) is 12.1 Å². The molecule has 4 nitrogen and oxygen atoms in total. The molecule has 0 aromatic heterocycles. The monoisotopic (exact) mass is 358 g/mol. The SMILES string of the molecule is Cc1ccc(COc2ccc(/C=N\NC(=O)c3ccc(C)cc3)cc2)cc1. The molecule has 27 heavy (non-hydrogen) atoms. The summed E-state index contributed by atoms with van der Waals surface area (Å²) in [5.74, 6) is 0.556. The van der Waals surface area contributed by atoms with Crippen LogP contribution in [0.25, 0.3) is 0 Å². The second kappa shape index (κ2) is 8.81. The highest BCUT2D eigenvalue weighted by Crippen LogP contribution is 2.14. The van der Waals surface area contributed by atoms with Crippen LogP contribution in [0.4, 0.5) is 0 Å². The molecule has 1 amide bonds. The average Bonchev–Trinajstić information content (AvgIpc) is 2.69. The summed E-state index contributed by atoms with van der Waals surface area (Å²) in [6.45, 7) is 4.57. The van der Waals surface area contributed by atoms with Gasteiger partial charge in [-0.15, -0.1) is 0 Å². The molecule has 3 rings (SSSR count). The van der Waals surface area contributed by atoms with Gasteiger partial charge in [-0.25, -0.2) is 5.43 Å². The van der Waals surface area contributed by atoms with Crippen molar-refractivity contribution in [3.05, 3.63) is 101 Å². The predicted octanol–water partition coefficient (Wildman–Crippen LogP) is 4.65. The van der Waals surface area contributed by atoms with Gasteiger partial charge in [0, 0.05) is 5.56 Å². The fourth-order valence-corrected chi connectivity index (χ4v) is 2.44. The maximum atomic E-state index is 12.0. The van der Waals surface area contributed by atoms with Crippen LogP contribution in [0.1, 0.15) is 32.6 Å². The fraction of sp³-hybridized carbons (Fsp3) is 0.130. The fourth-order valence-electron chi connectivity index (χ4n) is 2.44. The minimum absolute atomic E-state index is 0.232. The van der Waals surface area contributed by atoms with Gasteiger partial charge in [-0.3, -0.25) is 4.79 Å². The van der Waals surface area contributed by atoms with Gasteiger partial charge in [0.15, 0.2) is 0 Å². The van der Waals surface area contributed by atoms with E-state index < -0.39 is 0 Å². The predicted molar refractivity (Wildman–Crippen MR) is 108 cm³/mol. The van der Waals surface area contributed by atoms with Crippen LogP contribution in [0, 0.1) is 13.8 Å². The van der Waals surface area contributed by atoms with Crippen LogP contribution >= 0.6 is 0 Å². The van der Waals surface area contributed by atoms with Crippen LogP contribution in [0.3, 0.4) is 0 Å². The maximum Gasteiger partial charge on any atom is 0.271 e. The number of hydrazone groups is 1. The zero-order chi connectivity index (χ0) is 19.1. The molecule has 0 bridgehead atoms. The van der Waals surface area contributed by atoms with E-state index in [0.29, 0.717) is 12.2 Å². The summed E-state index contributed by atoms with van der Waals surface area (Å²) >= 11 is 0. The molecule has 136 valence electrons. The number of benzene rings is 3. The molecular formula is C23H22N2O2. The summed E-state index contributed by atoms with van der Waals surface area (Å²) in [7, 11) is 0. The molecule has 0 spiro atoms. The van der Waals surface area contributed by atoms with E-state index in [4.69, 9.17) is 4.74 Å². The molecule has 0 aliphatic rings. The molecule has 0 saturated carbocycles. The van der Waals surface area contributed by atoms with Gasteiger partial charge in [0.25, 0.3) is 5.91 Å². The lowest BCUT2D eigenvalue weighted by molar-refractivity contribution is 0.0955. The second-order valence-electron chi connectivity index (χ2n) is 6.41. The Hall–Kier alpha value is -3.40. The minimum Gasteiger partial charge on any atom is -0.489 e. The largest absolute Gasteiger partial charge is 0.489 e. The van der Waals surface area contributed by atoms with E-state index in [1.807, 2.05) is 43.3 Å². The third-order valence-corrected chi connectivity index (χ3v) is 4.10. The first-order valence-corrected chi connectivity index (χ1v) is 8.79. The summed E-state index contributed by atoms with van der Waals surface area (Å²) < 4.78 is 5.78. The third-order valence-electron chi connectivity index (χ3n) is 4.10. The van der Waals surface area contributed by atoms with Crippen molar-refractivity contribution in [2.75, 3.05) is 0 Å². The number of nitrogens with zero attached hydrogens (tertiary/aromatic N) is 1. The number of carbonyl (C=O) groups is 1. The van der Waals surface area contributed by atoms with Crippen molar-refractivity contribution in [2.45, 2.75) is 20.5 Å². The molecule has 4 heteroatoms. The summed E-state index contributed by atoms with van der Waals surface area (Å²) in [5.41, 5.74) is 7.46. The molecule has 0 aliphatic heterocycles. The summed E-state index contributed by atoms with van der Waals surface area (Å²) in [5, 5.41) is 4.01. The highest BCUT2D eigenvalue weighted by molar-refractivity contribution is 5.94. The van der Waals surface area contributed by atoms with E-state index in [9.17, 15) is 4.79 Å². The van der Waals surface area contributed by atoms with E-state index in [2.05, 4.69) is 41.7 Å². The number of amides is 1. The first-order valence-electron chi connectivity index (χ1n) is 8.79. The highest BCUT2D eigenvalue weighted by atomic mass is 16.5. The summed E-state index contributed by atoms with van der Waals surface area (Å²) in [6, 6.07) is 23.2. The Kier molecular flexibility index (Phi) is 6.00. The number of nitrogens with one attached hydrogen (secondary N) is 1. The van der Waals surface area contributed by atoms with Gasteiger partial charge in [0.1, 0.15) is 12.4 Å². The van der Waals surface area contributed by atoms with Crippen LogP contribution < -0.4 is 10.2 Å². The molecule has 0 unspecified atom stereocenters. The van der Waals surface area contributed by atoms with Gasteiger partial charge in [0.05, 0.1) is 6.21 Å². The first kappa shape index (κ1) is 18.4. The van der Waals surface area contributed by atoms with Crippen molar-refractivity contribution >= 4 is 12.1 Å². The zero-order valence-corrected chi connectivity index (χ0v) is 15.5. The third kappa shape index (κ3) is 5.54. The van der Waals surface area contributed by atoms with E-state index in [0.717, 1.165) is 22.4 Å². The molecule has 3 aromatic carbocycles. The number of hydrogen-bond acceptors (Lipinski definition) is 3. The van der Waals surface area contributed by atoms with Crippen LogP contribution in [0.15, 0.2) is 77.9 Å².